The van der Waals surface area contributed by atoms with E-state index in [1.807, 2.05) is 13.0 Å². The van der Waals surface area contributed by atoms with E-state index < -0.39 is 5.91 Å². The zero-order chi connectivity index (χ0) is 11.7. The van der Waals surface area contributed by atoms with Crippen molar-refractivity contribution in [1.82, 2.24) is 9.78 Å². The summed E-state index contributed by atoms with van der Waals surface area (Å²) in [6.45, 7) is 1.89. The Hall–Kier alpha value is -1.81. The minimum Gasteiger partial charge on any atom is -0.366 e. The maximum atomic E-state index is 10.9. The van der Waals surface area contributed by atoms with Crippen LogP contribution in [0.15, 0.2) is 30.5 Å². The predicted octanol–water partition coefficient (Wildman–Crippen LogP) is 1.93. The van der Waals surface area contributed by atoms with Crippen LogP contribution >= 0.6 is 11.6 Å². The summed E-state index contributed by atoms with van der Waals surface area (Å²) in [5, 5.41) is 4.68. The molecule has 0 spiro atoms. The Kier molecular flexibility index (Phi) is 2.66. The van der Waals surface area contributed by atoms with E-state index in [-0.39, 0.29) is 0 Å². The third kappa shape index (κ3) is 1.92. The number of halogens is 1. The van der Waals surface area contributed by atoms with Crippen LogP contribution in [0.4, 0.5) is 0 Å². The first-order valence-corrected chi connectivity index (χ1v) is 5.08. The summed E-state index contributed by atoms with van der Waals surface area (Å²) in [6.07, 6.45) is 1.81. The Morgan fingerprint density at radius 1 is 1.44 bits per heavy atom. The second kappa shape index (κ2) is 3.98. The topological polar surface area (TPSA) is 60.9 Å². The SMILES string of the molecule is Cc1ccn(-c2ccc(C(N)=O)cc2Cl)n1. The average Bonchev–Trinajstić information content (AvgIpc) is 2.64. The van der Waals surface area contributed by atoms with E-state index in [0.29, 0.717) is 10.6 Å². The number of nitrogens with two attached hydrogens (primary N) is 1. The molecule has 0 fully saturated rings. The van der Waals surface area contributed by atoms with Crippen molar-refractivity contribution in [1.29, 1.82) is 0 Å². The highest BCUT2D eigenvalue weighted by Crippen LogP contribution is 2.21. The summed E-state index contributed by atoms with van der Waals surface area (Å²) in [6, 6.07) is 6.75. The largest absolute Gasteiger partial charge is 0.366 e. The zero-order valence-corrected chi connectivity index (χ0v) is 9.40. The number of aromatic nitrogens is 2. The van der Waals surface area contributed by atoms with Gasteiger partial charge in [-0.3, -0.25) is 4.79 Å². The average molecular weight is 236 g/mol. The summed E-state index contributed by atoms with van der Waals surface area (Å²) < 4.78 is 1.66. The molecule has 0 atom stereocenters. The number of rotatable bonds is 2. The molecular formula is C11H10ClN3O. The maximum Gasteiger partial charge on any atom is 0.248 e. The summed E-state index contributed by atoms with van der Waals surface area (Å²) in [7, 11) is 0. The lowest BCUT2D eigenvalue weighted by atomic mass is 10.2. The molecule has 1 aromatic heterocycles. The van der Waals surface area contributed by atoms with Gasteiger partial charge in [0.1, 0.15) is 0 Å². The number of carbonyl (C=O) groups is 1. The first kappa shape index (κ1) is 10.7. The van der Waals surface area contributed by atoms with Gasteiger partial charge in [0.05, 0.1) is 16.4 Å². The second-order valence-electron chi connectivity index (χ2n) is 3.43. The van der Waals surface area contributed by atoms with Gasteiger partial charge in [0.25, 0.3) is 0 Å². The maximum absolute atomic E-state index is 10.9. The van der Waals surface area contributed by atoms with Crippen LogP contribution in [-0.2, 0) is 0 Å². The van der Waals surface area contributed by atoms with Gasteiger partial charge in [-0.2, -0.15) is 5.10 Å². The number of nitrogens with zero attached hydrogens (tertiary/aromatic N) is 2. The molecule has 1 aromatic carbocycles. The summed E-state index contributed by atoms with van der Waals surface area (Å²) >= 11 is 6.05. The third-order valence-electron chi connectivity index (χ3n) is 2.20. The second-order valence-corrected chi connectivity index (χ2v) is 3.84. The van der Waals surface area contributed by atoms with E-state index in [4.69, 9.17) is 17.3 Å². The molecule has 0 saturated heterocycles. The van der Waals surface area contributed by atoms with Gasteiger partial charge >= 0.3 is 0 Å². The number of amides is 1. The molecule has 0 bridgehead atoms. The van der Waals surface area contributed by atoms with Crippen LogP contribution in [0.3, 0.4) is 0 Å². The van der Waals surface area contributed by atoms with Gasteiger partial charge in [-0.05, 0) is 31.2 Å². The van der Waals surface area contributed by atoms with Gasteiger partial charge in [0.2, 0.25) is 5.91 Å². The molecule has 2 N–H and O–H groups in total. The summed E-state index contributed by atoms with van der Waals surface area (Å²) in [5.74, 6) is -0.495. The van der Waals surface area contributed by atoms with Crippen molar-refractivity contribution in [3.8, 4) is 5.69 Å². The van der Waals surface area contributed by atoms with Crippen LogP contribution in [0, 0.1) is 6.92 Å². The third-order valence-corrected chi connectivity index (χ3v) is 2.50. The van der Waals surface area contributed by atoms with Crippen LogP contribution in [0.2, 0.25) is 5.02 Å². The van der Waals surface area contributed by atoms with Crippen molar-refractivity contribution in [3.05, 3.63) is 46.7 Å². The fraction of sp³-hybridized carbons (Fsp3) is 0.0909. The molecule has 5 heteroatoms. The number of benzene rings is 1. The molecule has 0 unspecified atom stereocenters. The molecule has 4 nitrogen and oxygen atoms in total. The summed E-state index contributed by atoms with van der Waals surface area (Å²) in [4.78, 5) is 10.9. The molecular weight excluding hydrogens is 226 g/mol. The van der Waals surface area contributed by atoms with Crippen LogP contribution < -0.4 is 5.73 Å². The standard InChI is InChI=1S/C11H10ClN3O/c1-7-4-5-15(14-7)10-3-2-8(11(13)16)6-9(10)12/h2-6H,1H3,(H2,13,16). The molecule has 0 aliphatic heterocycles. The highest BCUT2D eigenvalue weighted by Gasteiger charge is 2.07. The number of primary amides is 1. The molecule has 0 aliphatic carbocycles. The molecule has 1 amide bonds. The highest BCUT2D eigenvalue weighted by molar-refractivity contribution is 6.32. The van der Waals surface area contributed by atoms with Crippen molar-refractivity contribution in [3.63, 3.8) is 0 Å². The van der Waals surface area contributed by atoms with Crippen LogP contribution in [0.25, 0.3) is 5.69 Å². The lowest BCUT2D eigenvalue weighted by Gasteiger charge is -2.05. The van der Waals surface area contributed by atoms with E-state index in [9.17, 15) is 4.79 Å². The van der Waals surface area contributed by atoms with Crippen LogP contribution in [0.1, 0.15) is 16.1 Å². The number of aryl methyl sites for hydroxylation is 1. The Balaban J connectivity index is 2.47. The Labute approximate surface area is 97.6 Å². The first-order valence-electron chi connectivity index (χ1n) is 4.70. The molecule has 0 aliphatic rings. The predicted molar refractivity (Wildman–Crippen MR) is 61.8 cm³/mol. The zero-order valence-electron chi connectivity index (χ0n) is 8.64. The van der Waals surface area contributed by atoms with Gasteiger partial charge in [0, 0.05) is 11.8 Å². The molecule has 0 radical (unpaired) electrons. The van der Waals surface area contributed by atoms with Crippen molar-refractivity contribution >= 4 is 17.5 Å². The molecule has 1 heterocycles. The van der Waals surface area contributed by atoms with E-state index in [1.165, 1.54) is 6.07 Å². The monoisotopic (exact) mass is 235 g/mol. The van der Waals surface area contributed by atoms with Crippen molar-refractivity contribution in [2.45, 2.75) is 6.92 Å². The van der Waals surface area contributed by atoms with Crippen molar-refractivity contribution < 1.29 is 4.79 Å². The quantitative estimate of drug-likeness (QED) is 0.865. The smallest absolute Gasteiger partial charge is 0.248 e. The minimum atomic E-state index is -0.495. The van der Waals surface area contributed by atoms with Crippen molar-refractivity contribution in [2.75, 3.05) is 0 Å². The fourth-order valence-corrected chi connectivity index (χ4v) is 1.66. The summed E-state index contributed by atoms with van der Waals surface area (Å²) in [5.41, 5.74) is 7.16. The van der Waals surface area contributed by atoms with E-state index in [2.05, 4.69) is 5.10 Å². The van der Waals surface area contributed by atoms with Gasteiger partial charge in [0.15, 0.2) is 0 Å². The first-order chi connectivity index (χ1) is 7.58. The fourth-order valence-electron chi connectivity index (χ4n) is 1.40. The number of carbonyl (C=O) groups excluding carboxylic acids is 1. The van der Waals surface area contributed by atoms with Crippen LogP contribution in [-0.4, -0.2) is 15.7 Å². The van der Waals surface area contributed by atoms with E-state index in [1.54, 1.807) is 23.0 Å². The van der Waals surface area contributed by atoms with Gasteiger partial charge in [-0.15, -0.1) is 0 Å². The lowest BCUT2D eigenvalue weighted by molar-refractivity contribution is 0.100. The Morgan fingerprint density at radius 3 is 2.69 bits per heavy atom. The van der Waals surface area contributed by atoms with Crippen LogP contribution in [0.5, 0.6) is 0 Å². The molecule has 2 rings (SSSR count). The molecule has 16 heavy (non-hydrogen) atoms. The molecule has 82 valence electrons. The van der Waals surface area contributed by atoms with Crippen molar-refractivity contribution in [2.24, 2.45) is 5.73 Å². The van der Waals surface area contributed by atoms with E-state index in [0.717, 1.165) is 11.4 Å². The minimum absolute atomic E-state index is 0.387. The highest BCUT2D eigenvalue weighted by atomic mass is 35.5. The number of hydrogen-bond donors (Lipinski definition) is 1. The Morgan fingerprint density at radius 2 is 2.19 bits per heavy atom. The molecule has 0 saturated carbocycles. The Bertz CT molecular complexity index is 548. The van der Waals surface area contributed by atoms with Gasteiger partial charge in [-0.1, -0.05) is 11.6 Å². The molecule has 2 aromatic rings. The van der Waals surface area contributed by atoms with Gasteiger partial charge < -0.3 is 5.73 Å². The normalized spacial score (nSPS) is 10.4. The van der Waals surface area contributed by atoms with Gasteiger partial charge in [-0.25, -0.2) is 4.68 Å². The lowest BCUT2D eigenvalue weighted by Crippen LogP contribution is -2.11. The van der Waals surface area contributed by atoms with E-state index >= 15 is 0 Å². The number of hydrogen-bond acceptors (Lipinski definition) is 2.